The van der Waals surface area contributed by atoms with Crippen molar-refractivity contribution in [1.29, 1.82) is 0 Å². The highest BCUT2D eigenvalue weighted by molar-refractivity contribution is 5.92. The molecule has 3 saturated heterocycles. The monoisotopic (exact) mass is 389 g/mol. The molecule has 7 nitrogen and oxygen atoms in total. The highest BCUT2D eigenvalue weighted by atomic mass is 16.5. The van der Waals surface area contributed by atoms with E-state index in [0.717, 1.165) is 70.5 Å². The third-order valence-electron chi connectivity index (χ3n) is 6.45. The van der Waals surface area contributed by atoms with Crippen LogP contribution in [-0.2, 0) is 9.53 Å². The predicted molar refractivity (Wildman–Crippen MR) is 104 cm³/mol. The number of likely N-dealkylation sites (tertiary alicyclic amines) is 2. The van der Waals surface area contributed by atoms with E-state index in [1.54, 1.807) is 6.26 Å². The Hall–Kier alpha value is -1.86. The summed E-state index contributed by atoms with van der Waals surface area (Å²) in [4.78, 5) is 31.9. The molecule has 0 N–H and O–H groups in total. The molecule has 7 heteroatoms. The molecule has 154 valence electrons. The minimum Gasteiger partial charge on any atom is -0.459 e. The molecule has 0 aromatic carbocycles. The number of nitrogens with zero attached hydrogens (tertiary/aromatic N) is 3. The first-order valence-corrected chi connectivity index (χ1v) is 10.6. The molecule has 0 radical (unpaired) electrons. The third-order valence-corrected chi connectivity index (χ3v) is 6.45. The van der Waals surface area contributed by atoms with Gasteiger partial charge in [-0.15, -0.1) is 0 Å². The van der Waals surface area contributed by atoms with Gasteiger partial charge in [-0.1, -0.05) is 0 Å². The molecule has 0 aliphatic carbocycles. The summed E-state index contributed by atoms with van der Waals surface area (Å²) in [5.41, 5.74) is 0.896. The van der Waals surface area contributed by atoms with Gasteiger partial charge in [0.2, 0.25) is 5.91 Å². The van der Waals surface area contributed by atoms with Gasteiger partial charge in [0.25, 0.3) is 5.91 Å². The standard InChI is InChI=1S/C21H31N3O4/c1-16-6-12-28-19(16)21(26)22-8-4-18(5-9-22)24-7-2-3-17(15-24)20(25)23-10-13-27-14-11-23/h6,12,17-18H,2-5,7-11,13-15H2,1H3/t17-/m0/s1. The number of rotatable bonds is 3. The van der Waals surface area contributed by atoms with Crippen molar-refractivity contribution in [2.75, 3.05) is 52.5 Å². The lowest BCUT2D eigenvalue weighted by Gasteiger charge is -2.42. The van der Waals surface area contributed by atoms with Crippen molar-refractivity contribution in [1.82, 2.24) is 14.7 Å². The summed E-state index contributed by atoms with van der Waals surface area (Å²) in [6, 6.07) is 2.29. The quantitative estimate of drug-likeness (QED) is 0.788. The van der Waals surface area contributed by atoms with Crippen LogP contribution in [0.4, 0.5) is 0 Å². The maximum atomic E-state index is 12.9. The Balaban J connectivity index is 1.30. The van der Waals surface area contributed by atoms with Crippen LogP contribution >= 0.6 is 0 Å². The maximum Gasteiger partial charge on any atom is 0.289 e. The highest BCUT2D eigenvalue weighted by Gasteiger charge is 2.35. The molecule has 4 rings (SSSR count). The Morgan fingerprint density at radius 2 is 1.75 bits per heavy atom. The summed E-state index contributed by atoms with van der Waals surface area (Å²) < 4.78 is 10.7. The van der Waals surface area contributed by atoms with E-state index >= 15 is 0 Å². The van der Waals surface area contributed by atoms with E-state index in [-0.39, 0.29) is 11.8 Å². The van der Waals surface area contributed by atoms with Gasteiger partial charge in [0.1, 0.15) is 0 Å². The van der Waals surface area contributed by atoms with Crippen molar-refractivity contribution in [3.63, 3.8) is 0 Å². The zero-order chi connectivity index (χ0) is 19.5. The van der Waals surface area contributed by atoms with Gasteiger partial charge in [0, 0.05) is 44.3 Å². The summed E-state index contributed by atoms with van der Waals surface area (Å²) >= 11 is 0. The van der Waals surface area contributed by atoms with Crippen LogP contribution in [-0.4, -0.2) is 85.0 Å². The second-order valence-electron chi connectivity index (χ2n) is 8.23. The summed E-state index contributed by atoms with van der Waals surface area (Å²) in [5, 5.41) is 0. The molecular weight excluding hydrogens is 358 g/mol. The Morgan fingerprint density at radius 3 is 2.43 bits per heavy atom. The van der Waals surface area contributed by atoms with Gasteiger partial charge < -0.3 is 19.0 Å². The normalized spacial score (nSPS) is 25.1. The fraction of sp³-hybridized carbons (Fsp3) is 0.714. The molecule has 3 aliphatic rings. The van der Waals surface area contributed by atoms with Crippen molar-refractivity contribution in [2.45, 2.75) is 38.6 Å². The average Bonchev–Trinajstić information content (AvgIpc) is 3.19. The first-order valence-electron chi connectivity index (χ1n) is 10.6. The molecule has 0 spiro atoms. The largest absolute Gasteiger partial charge is 0.459 e. The molecular formula is C21H31N3O4. The number of hydrogen-bond donors (Lipinski definition) is 0. The molecule has 3 fully saturated rings. The van der Waals surface area contributed by atoms with Crippen molar-refractivity contribution in [3.8, 4) is 0 Å². The fourth-order valence-electron chi connectivity index (χ4n) is 4.75. The molecule has 1 aromatic rings. The summed E-state index contributed by atoms with van der Waals surface area (Å²) in [6.45, 7) is 8.08. The number of piperidine rings is 2. The van der Waals surface area contributed by atoms with Crippen LogP contribution in [0.5, 0.6) is 0 Å². The number of hydrogen-bond acceptors (Lipinski definition) is 5. The van der Waals surface area contributed by atoms with Crippen LogP contribution in [0.1, 0.15) is 41.8 Å². The van der Waals surface area contributed by atoms with Crippen LogP contribution in [0.2, 0.25) is 0 Å². The van der Waals surface area contributed by atoms with E-state index in [9.17, 15) is 9.59 Å². The van der Waals surface area contributed by atoms with Crippen LogP contribution in [0.15, 0.2) is 16.7 Å². The minimum absolute atomic E-state index is 0.0000316. The van der Waals surface area contributed by atoms with Gasteiger partial charge in [-0.05, 0) is 45.2 Å². The van der Waals surface area contributed by atoms with Crippen molar-refractivity contribution < 1.29 is 18.7 Å². The molecule has 4 heterocycles. The minimum atomic E-state index is -0.0000316. The number of furan rings is 1. The van der Waals surface area contributed by atoms with Gasteiger partial charge in [-0.25, -0.2) is 0 Å². The first kappa shape index (κ1) is 19.5. The molecule has 28 heavy (non-hydrogen) atoms. The van der Waals surface area contributed by atoms with Crippen LogP contribution in [0.3, 0.4) is 0 Å². The Bertz CT molecular complexity index is 690. The number of carbonyl (C=O) groups excluding carboxylic acids is 2. The lowest BCUT2D eigenvalue weighted by Crippen LogP contribution is -2.53. The molecule has 0 saturated carbocycles. The highest BCUT2D eigenvalue weighted by Crippen LogP contribution is 2.26. The first-order chi connectivity index (χ1) is 13.6. The number of aryl methyl sites for hydroxylation is 1. The second kappa shape index (κ2) is 8.66. The molecule has 3 aliphatic heterocycles. The number of amides is 2. The van der Waals surface area contributed by atoms with Gasteiger partial charge >= 0.3 is 0 Å². The SMILES string of the molecule is Cc1ccoc1C(=O)N1CCC(N2CCC[C@H](C(=O)N3CCOCC3)C2)CC1. The van der Waals surface area contributed by atoms with E-state index in [4.69, 9.17) is 9.15 Å². The van der Waals surface area contributed by atoms with Gasteiger partial charge in [-0.3, -0.25) is 14.5 Å². The molecule has 2 amide bonds. The smallest absolute Gasteiger partial charge is 0.289 e. The zero-order valence-corrected chi connectivity index (χ0v) is 16.8. The lowest BCUT2D eigenvalue weighted by molar-refractivity contribution is -0.141. The van der Waals surface area contributed by atoms with E-state index in [2.05, 4.69) is 4.90 Å². The van der Waals surface area contributed by atoms with Crippen molar-refractivity contribution >= 4 is 11.8 Å². The van der Waals surface area contributed by atoms with Crippen LogP contribution in [0.25, 0.3) is 0 Å². The van der Waals surface area contributed by atoms with Crippen LogP contribution in [0, 0.1) is 12.8 Å². The second-order valence-corrected chi connectivity index (χ2v) is 8.23. The van der Waals surface area contributed by atoms with Crippen LogP contribution < -0.4 is 0 Å². The lowest BCUT2D eigenvalue weighted by atomic mass is 9.92. The Kier molecular flexibility index (Phi) is 6.01. The number of morpholine rings is 1. The summed E-state index contributed by atoms with van der Waals surface area (Å²) in [6.07, 6.45) is 5.57. The summed E-state index contributed by atoms with van der Waals surface area (Å²) in [7, 11) is 0. The number of ether oxygens (including phenoxy) is 1. The van der Waals surface area contributed by atoms with E-state index in [0.29, 0.717) is 30.9 Å². The average molecular weight is 389 g/mol. The van der Waals surface area contributed by atoms with Gasteiger partial charge in [0.05, 0.1) is 25.4 Å². The predicted octanol–water partition coefficient (Wildman–Crippen LogP) is 1.76. The molecule has 0 bridgehead atoms. The number of carbonyl (C=O) groups is 2. The Labute approximate surface area is 166 Å². The van der Waals surface area contributed by atoms with Gasteiger partial charge in [0.15, 0.2) is 5.76 Å². The topological polar surface area (TPSA) is 66.2 Å². The van der Waals surface area contributed by atoms with Crippen molar-refractivity contribution in [2.24, 2.45) is 5.92 Å². The third kappa shape index (κ3) is 4.10. The molecule has 0 unspecified atom stereocenters. The fourth-order valence-corrected chi connectivity index (χ4v) is 4.75. The molecule has 1 atom stereocenters. The van der Waals surface area contributed by atoms with Crippen molar-refractivity contribution in [3.05, 3.63) is 23.7 Å². The Morgan fingerprint density at radius 1 is 1.00 bits per heavy atom. The summed E-state index contributed by atoms with van der Waals surface area (Å²) in [5.74, 6) is 0.874. The zero-order valence-electron chi connectivity index (χ0n) is 16.8. The van der Waals surface area contributed by atoms with E-state index in [1.807, 2.05) is 22.8 Å². The maximum absolute atomic E-state index is 12.9. The van der Waals surface area contributed by atoms with Gasteiger partial charge in [-0.2, -0.15) is 0 Å². The van der Waals surface area contributed by atoms with E-state index in [1.165, 1.54) is 0 Å². The van der Waals surface area contributed by atoms with E-state index < -0.39 is 0 Å². The molecule has 1 aromatic heterocycles.